The molecule has 0 radical (unpaired) electrons. The molecule has 0 aliphatic heterocycles. The van der Waals surface area contributed by atoms with E-state index in [0.29, 0.717) is 19.0 Å². The molecule has 0 heterocycles. The van der Waals surface area contributed by atoms with Crippen molar-refractivity contribution >= 4 is 5.96 Å². The molecule has 2 aromatic rings. The van der Waals surface area contributed by atoms with Crippen LogP contribution in [0.4, 0.5) is 4.39 Å². The second kappa shape index (κ2) is 9.67. The minimum absolute atomic E-state index is 0.0156. The van der Waals surface area contributed by atoms with E-state index in [1.54, 1.807) is 19.2 Å². The minimum Gasteiger partial charge on any atom is -0.396 e. The Kier molecular flexibility index (Phi) is 7.23. The van der Waals surface area contributed by atoms with E-state index in [9.17, 15) is 9.50 Å². The molecule has 0 spiro atoms. The molecule has 2 rings (SSSR count). The summed E-state index contributed by atoms with van der Waals surface area (Å²) in [5.41, 5.74) is 2.16. The summed E-state index contributed by atoms with van der Waals surface area (Å²) in [4.78, 5) is 4.19. The maximum absolute atomic E-state index is 12.9. The summed E-state index contributed by atoms with van der Waals surface area (Å²) in [5.74, 6) is 0.480. The fourth-order valence-corrected chi connectivity index (χ4v) is 2.43. The summed E-state index contributed by atoms with van der Waals surface area (Å²) in [6.07, 6.45) is 0.781. The zero-order chi connectivity index (χ0) is 17.2. The summed E-state index contributed by atoms with van der Waals surface area (Å²) in [5, 5.41) is 16.0. The standard InChI is InChI=1S/C19H24FN3O/c1-21-19(22-12-11-15-7-9-18(20)10-8-15)23-13-17(14-24)16-5-3-2-4-6-16/h2-10,17,24H,11-14H2,1H3,(H2,21,22,23). The lowest BCUT2D eigenvalue weighted by molar-refractivity contribution is 0.265. The normalized spacial score (nSPS) is 12.7. The number of aliphatic hydroxyl groups is 1. The Morgan fingerprint density at radius 2 is 1.79 bits per heavy atom. The number of aliphatic imine (C=N–C) groups is 1. The van der Waals surface area contributed by atoms with Crippen molar-refractivity contribution in [2.45, 2.75) is 12.3 Å². The second-order valence-corrected chi connectivity index (χ2v) is 5.55. The van der Waals surface area contributed by atoms with Crippen molar-refractivity contribution in [2.24, 2.45) is 4.99 Å². The molecule has 0 saturated heterocycles. The molecule has 24 heavy (non-hydrogen) atoms. The van der Waals surface area contributed by atoms with Crippen LogP contribution in [0, 0.1) is 5.82 Å². The van der Waals surface area contributed by atoms with E-state index < -0.39 is 0 Å². The Labute approximate surface area is 142 Å². The van der Waals surface area contributed by atoms with Gasteiger partial charge in [-0.05, 0) is 29.7 Å². The first-order valence-electron chi connectivity index (χ1n) is 8.07. The Morgan fingerprint density at radius 3 is 2.42 bits per heavy atom. The third-order valence-corrected chi connectivity index (χ3v) is 3.85. The van der Waals surface area contributed by atoms with Gasteiger partial charge in [0.1, 0.15) is 5.82 Å². The lowest BCUT2D eigenvalue weighted by atomic mass is 10.0. The van der Waals surface area contributed by atoms with E-state index in [4.69, 9.17) is 0 Å². The lowest BCUT2D eigenvalue weighted by Gasteiger charge is -2.18. The average Bonchev–Trinajstić information content (AvgIpc) is 2.63. The van der Waals surface area contributed by atoms with Crippen LogP contribution in [0.3, 0.4) is 0 Å². The van der Waals surface area contributed by atoms with Crippen LogP contribution in [0.5, 0.6) is 0 Å². The van der Waals surface area contributed by atoms with Gasteiger partial charge in [0, 0.05) is 26.1 Å². The number of halogens is 1. The van der Waals surface area contributed by atoms with Crippen molar-refractivity contribution in [1.29, 1.82) is 0 Å². The van der Waals surface area contributed by atoms with Gasteiger partial charge in [0.2, 0.25) is 0 Å². The smallest absolute Gasteiger partial charge is 0.191 e. The molecule has 0 aromatic heterocycles. The van der Waals surface area contributed by atoms with Gasteiger partial charge in [-0.15, -0.1) is 0 Å². The summed E-state index contributed by atoms with van der Waals surface area (Å²) in [7, 11) is 1.71. The molecule has 128 valence electrons. The summed E-state index contributed by atoms with van der Waals surface area (Å²) in [6.45, 7) is 1.36. The van der Waals surface area contributed by atoms with Gasteiger partial charge in [-0.2, -0.15) is 0 Å². The zero-order valence-corrected chi connectivity index (χ0v) is 13.9. The van der Waals surface area contributed by atoms with Crippen LogP contribution in [-0.2, 0) is 6.42 Å². The average molecular weight is 329 g/mol. The quantitative estimate of drug-likeness (QED) is 0.540. The maximum Gasteiger partial charge on any atom is 0.191 e. The Balaban J connectivity index is 1.78. The van der Waals surface area contributed by atoms with Gasteiger partial charge in [0.25, 0.3) is 0 Å². The Hall–Kier alpha value is -2.40. The molecule has 0 saturated carbocycles. The highest BCUT2D eigenvalue weighted by atomic mass is 19.1. The maximum atomic E-state index is 12.9. The monoisotopic (exact) mass is 329 g/mol. The van der Waals surface area contributed by atoms with Crippen molar-refractivity contribution in [3.63, 3.8) is 0 Å². The van der Waals surface area contributed by atoms with Crippen molar-refractivity contribution in [2.75, 3.05) is 26.7 Å². The van der Waals surface area contributed by atoms with Crippen molar-refractivity contribution in [3.8, 4) is 0 Å². The highest BCUT2D eigenvalue weighted by Gasteiger charge is 2.10. The molecule has 0 fully saturated rings. The van der Waals surface area contributed by atoms with Crippen LogP contribution >= 0.6 is 0 Å². The predicted octanol–water partition coefficient (Wildman–Crippen LogP) is 2.31. The van der Waals surface area contributed by atoms with Gasteiger partial charge in [0.15, 0.2) is 5.96 Å². The van der Waals surface area contributed by atoms with E-state index in [2.05, 4.69) is 15.6 Å². The van der Waals surface area contributed by atoms with Gasteiger partial charge in [-0.3, -0.25) is 4.99 Å². The molecular formula is C19H24FN3O. The van der Waals surface area contributed by atoms with E-state index in [0.717, 1.165) is 17.5 Å². The molecule has 1 unspecified atom stereocenters. The van der Waals surface area contributed by atoms with Gasteiger partial charge < -0.3 is 15.7 Å². The van der Waals surface area contributed by atoms with Crippen molar-refractivity contribution in [3.05, 3.63) is 71.5 Å². The SMILES string of the molecule is CN=C(NCCc1ccc(F)cc1)NCC(CO)c1ccccc1. The van der Waals surface area contributed by atoms with Crippen LogP contribution in [0.1, 0.15) is 17.0 Å². The number of benzene rings is 2. The number of rotatable bonds is 7. The van der Waals surface area contributed by atoms with E-state index in [1.807, 2.05) is 30.3 Å². The molecule has 4 nitrogen and oxygen atoms in total. The third-order valence-electron chi connectivity index (χ3n) is 3.85. The van der Waals surface area contributed by atoms with Crippen LogP contribution in [0.15, 0.2) is 59.6 Å². The van der Waals surface area contributed by atoms with Crippen LogP contribution in [0.2, 0.25) is 0 Å². The molecule has 1 atom stereocenters. The van der Waals surface area contributed by atoms with Gasteiger partial charge in [-0.1, -0.05) is 42.5 Å². The predicted molar refractivity (Wildman–Crippen MR) is 95.7 cm³/mol. The third kappa shape index (κ3) is 5.66. The molecular weight excluding hydrogens is 305 g/mol. The topological polar surface area (TPSA) is 56.7 Å². The number of nitrogens with one attached hydrogen (secondary N) is 2. The largest absolute Gasteiger partial charge is 0.396 e. The number of aliphatic hydroxyl groups excluding tert-OH is 1. The molecule has 0 bridgehead atoms. The van der Waals surface area contributed by atoms with E-state index in [1.165, 1.54) is 12.1 Å². The van der Waals surface area contributed by atoms with Crippen LogP contribution in [-0.4, -0.2) is 37.8 Å². The fraction of sp³-hybridized carbons (Fsp3) is 0.316. The molecule has 2 aromatic carbocycles. The second-order valence-electron chi connectivity index (χ2n) is 5.55. The first-order chi connectivity index (χ1) is 11.7. The van der Waals surface area contributed by atoms with Gasteiger partial charge in [-0.25, -0.2) is 4.39 Å². The molecule has 0 aliphatic carbocycles. The van der Waals surface area contributed by atoms with Crippen molar-refractivity contribution < 1.29 is 9.50 Å². The number of nitrogens with zero attached hydrogens (tertiary/aromatic N) is 1. The molecule has 0 aliphatic rings. The minimum atomic E-state index is -0.222. The van der Waals surface area contributed by atoms with Crippen LogP contribution in [0.25, 0.3) is 0 Å². The zero-order valence-electron chi connectivity index (χ0n) is 13.9. The first kappa shape index (κ1) is 17.9. The fourth-order valence-electron chi connectivity index (χ4n) is 2.43. The molecule has 5 heteroatoms. The summed E-state index contributed by atoms with van der Waals surface area (Å²) in [6, 6.07) is 16.4. The summed E-state index contributed by atoms with van der Waals surface area (Å²) >= 11 is 0. The lowest BCUT2D eigenvalue weighted by Crippen LogP contribution is -2.40. The highest BCUT2D eigenvalue weighted by molar-refractivity contribution is 5.79. The summed E-state index contributed by atoms with van der Waals surface area (Å²) < 4.78 is 12.9. The van der Waals surface area contributed by atoms with E-state index >= 15 is 0 Å². The molecule has 3 N–H and O–H groups in total. The van der Waals surface area contributed by atoms with Crippen LogP contribution < -0.4 is 10.6 Å². The first-order valence-corrected chi connectivity index (χ1v) is 8.07. The number of guanidine groups is 1. The van der Waals surface area contributed by atoms with E-state index in [-0.39, 0.29) is 18.3 Å². The highest BCUT2D eigenvalue weighted by Crippen LogP contribution is 2.13. The number of hydrogen-bond donors (Lipinski definition) is 3. The van der Waals surface area contributed by atoms with Crippen molar-refractivity contribution in [1.82, 2.24) is 10.6 Å². The number of hydrogen-bond acceptors (Lipinski definition) is 2. The molecule has 0 amide bonds. The van der Waals surface area contributed by atoms with Gasteiger partial charge in [0.05, 0.1) is 6.61 Å². The Bertz CT molecular complexity index is 629. The Morgan fingerprint density at radius 1 is 1.08 bits per heavy atom. The van der Waals surface area contributed by atoms with Gasteiger partial charge >= 0.3 is 0 Å².